The van der Waals surface area contributed by atoms with Gasteiger partial charge in [0.05, 0.1) is 7.11 Å². The molecule has 0 aliphatic carbocycles. The van der Waals surface area contributed by atoms with Crippen LogP contribution < -0.4 is 15.8 Å². The van der Waals surface area contributed by atoms with Crippen molar-refractivity contribution >= 4 is 28.8 Å². The monoisotopic (exact) mass is 376 g/mol. The number of rotatable bonds is 6. The summed E-state index contributed by atoms with van der Waals surface area (Å²) >= 11 is 12.4. The van der Waals surface area contributed by atoms with E-state index in [-0.39, 0.29) is 6.04 Å². The Balaban J connectivity index is 1.75. The zero-order valence-corrected chi connectivity index (χ0v) is 15.7. The van der Waals surface area contributed by atoms with Crippen molar-refractivity contribution in [3.05, 3.63) is 69.2 Å². The van der Waals surface area contributed by atoms with E-state index in [1.165, 1.54) is 16.7 Å². The predicted octanol–water partition coefficient (Wildman–Crippen LogP) is 4.32. The van der Waals surface area contributed by atoms with Gasteiger partial charge in [-0.25, -0.2) is 0 Å². The highest BCUT2D eigenvalue weighted by Crippen LogP contribution is 2.33. The van der Waals surface area contributed by atoms with E-state index < -0.39 is 0 Å². The Labute approximate surface area is 158 Å². The molecule has 0 radical (unpaired) electrons. The summed E-state index contributed by atoms with van der Waals surface area (Å²) in [6.45, 7) is 1.30. The van der Waals surface area contributed by atoms with Gasteiger partial charge in [0, 0.05) is 29.2 Å². The second-order valence-corrected chi connectivity index (χ2v) is 7.00. The maximum Gasteiger partial charge on any atom is 0.118 e. The van der Waals surface area contributed by atoms with Gasteiger partial charge in [-0.15, -0.1) is 0 Å². The van der Waals surface area contributed by atoms with E-state index in [1.54, 1.807) is 13.2 Å². The van der Waals surface area contributed by atoms with Crippen LogP contribution in [0.5, 0.6) is 5.75 Å². The molecule has 0 saturated carbocycles. The van der Waals surface area contributed by atoms with Gasteiger partial charge in [-0.2, -0.15) is 0 Å². The average molecular weight is 377 g/mol. The molecule has 2 aromatic rings. The third-order valence-corrected chi connectivity index (χ3v) is 5.24. The van der Waals surface area contributed by atoms with Crippen LogP contribution in [0.4, 0.5) is 0 Å². The van der Waals surface area contributed by atoms with Gasteiger partial charge in [-0.1, -0.05) is 41.4 Å². The lowest BCUT2D eigenvalue weighted by Gasteiger charge is -2.15. The maximum atomic E-state index is 6.38. The highest BCUT2D eigenvalue weighted by molar-refractivity contribution is 6.35. The summed E-state index contributed by atoms with van der Waals surface area (Å²) < 4.78 is 5.21. The van der Waals surface area contributed by atoms with Gasteiger partial charge >= 0.3 is 0 Å². The van der Waals surface area contributed by atoms with E-state index >= 15 is 0 Å². The SMILES string of the molecule is COc1ccc(CCC2NCC(c3ccc(Cl)cc3Cl)=C2CN)cc1. The Bertz CT molecular complexity index is 772. The lowest BCUT2D eigenvalue weighted by atomic mass is 9.95. The number of methoxy groups -OCH3 is 1. The van der Waals surface area contributed by atoms with E-state index in [0.29, 0.717) is 16.6 Å². The van der Waals surface area contributed by atoms with Gasteiger partial charge in [-0.3, -0.25) is 0 Å². The lowest BCUT2D eigenvalue weighted by molar-refractivity contribution is 0.414. The molecule has 0 aromatic heterocycles. The van der Waals surface area contributed by atoms with Crippen molar-refractivity contribution in [3.8, 4) is 5.75 Å². The van der Waals surface area contributed by atoms with Crippen LogP contribution >= 0.6 is 23.2 Å². The minimum Gasteiger partial charge on any atom is -0.497 e. The Morgan fingerprint density at radius 3 is 2.56 bits per heavy atom. The Morgan fingerprint density at radius 2 is 1.92 bits per heavy atom. The second kappa shape index (κ2) is 8.24. The van der Waals surface area contributed by atoms with Crippen molar-refractivity contribution in [2.24, 2.45) is 5.73 Å². The molecule has 132 valence electrons. The van der Waals surface area contributed by atoms with E-state index in [2.05, 4.69) is 17.4 Å². The van der Waals surface area contributed by atoms with Gasteiger partial charge in [0.25, 0.3) is 0 Å². The van der Waals surface area contributed by atoms with E-state index in [0.717, 1.165) is 30.7 Å². The van der Waals surface area contributed by atoms with Crippen LogP contribution in [0.1, 0.15) is 17.5 Å². The topological polar surface area (TPSA) is 47.3 Å². The number of halogens is 2. The third kappa shape index (κ3) is 4.18. The fourth-order valence-corrected chi connectivity index (χ4v) is 3.84. The molecule has 1 heterocycles. The van der Waals surface area contributed by atoms with Crippen LogP contribution in [0.15, 0.2) is 48.0 Å². The van der Waals surface area contributed by atoms with E-state index in [9.17, 15) is 0 Å². The first-order valence-corrected chi connectivity index (χ1v) is 9.11. The van der Waals surface area contributed by atoms with Crippen molar-refractivity contribution in [1.82, 2.24) is 5.32 Å². The number of nitrogens with one attached hydrogen (secondary N) is 1. The highest BCUT2D eigenvalue weighted by Gasteiger charge is 2.25. The molecule has 3 rings (SSSR count). The summed E-state index contributed by atoms with van der Waals surface area (Å²) in [4.78, 5) is 0. The predicted molar refractivity (Wildman–Crippen MR) is 106 cm³/mol. The molecule has 5 heteroatoms. The summed E-state index contributed by atoms with van der Waals surface area (Å²) in [7, 11) is 1.68. The molecule has 1 aliphatic heterocycles. The van der Waals surface area contributed by atoms with Gasteiger partial charge in [-0.05, 0) is 59.4 Å². The van der Waals surface area contributed by atoms with Gasteiger partial charge in [0.15, 0.2) is 0 Å². The molecule has 0 bridgehead atoms. The standard InChI is InChI=1S/C20H22Cl2N2O/c1-25-15-6-2-13(3-7-15)4-9-20-17(11-23)18(12-24-20)16-8-5-14(21)10-19(16)22/h2-3,5-8,10,20,24H,4,9,11-12,23H2,1H3. The van der Waals surface area contributed by atoms with Crippen molar-refractivity contribution < 1.29 is 4.74 Å². The molecule has 0 fully saturated rings. The van der Waals surface area contributed by atoms with Crippen LogP contribution in [0.25, 0.3) is 5.57 Å². The fraction of sp³-hybridized carbons (Fsp3) is 0.300. The minimum atomic E-state index is 0.272. The van der Waals surface area contributed by atoms with Crippen molar-refractivity contribution in [3.63, 3.8) is 0 Å². The molecule has 3 N–H and O–H groups in total. The first kappa shape index (κ1) is 18.3. The molecule has 25 heavy (non-hydrogen) atoms. The normalized spacial score (nSPS) is 17.2. The van der Waals surface area contributed by atoms with Crippen LogP contribution in [-0.4, -0.2) is 26.2 Å². The number of benzene rings is 2. The third-order valence-electron chi connectivity index (χ3n) is 4.69. The minimum absolute atomic E-state index is 0.272. The van der Waals surface area contributed by atoms with Crippen LogP contribution in [0.3, 0.4) is 0 Å². The number of hydrogen-bond acceptors (Lipinski definition) is 3. The van der Waals surface area contributed by atoms with Crippen molar-refractivity contribution in [1.29, 1.82) is 0 Å². The number of ether oxygens (including phenoxy) is 1. The van der Waals surface area contributed by atoms with Crippen molar-refractivity contribution in [2.45, 2.75) is 18.9 Å². The zero-order chi connectivity index (χ0) is 17.8. The fourth-order valence-electron chi connectivity index (χ4n) is 3.32. The summed E-state index contributed by atoms with van der Waals surface area (Å²) in [6.07, 6.45) is 1.97. The Morgan fingerprint density at radius 1 is 1.16 bits per heavy atom. The highest BCUT2D eigenvalue weighted by atomic mass is 35.5. The lowest BCUT2D eigenvalue weighted by Crippen LogP contribution is -2.28. The average Bonchev–Trinajstić information content (AvgIpc) is 3.03. The number of aryl methyl sites for hydroxylation is 1. The second-order valence-electron chi connectivity index (χ2n) is 6.15. The van der Waals surface area contributed by atoms with Crippen LogP contribution in [0, 0.1) is 0 Å². The Kier molecular flexibility index (Phi) is 6.02. The zero-order valence-electron chi connectivity index (χ0n) is 14.2. The molecular formula is C20H22Cl2N2O. The smallest absolute Gasteiger partial charge is 0.118 e. The summed E-state index contributed by atoms with van der Waals surface area (Å²) in [6, 6.07) is 14.1. The van der Waals surface area contributed by atoms with Gasteiger partial charge in [0.2, 0.25) is 0 Å². The first-order valence-electron chi connectivity index (χ1n) is 8.36. The summed E-state index contributed by atoms with van der Waals surface area (Å²) in [5.74, 6) is 0.880. The van der Waals surface area contributed by atoms with Gasteiger partial charge in [0.1, 0.15) is 5.75 Å². The van der Waals surface area contributed by atoms with Crippen LogP contribution in [-0.2, 0) is 6.42 Å². The summed E-state index contributed by atoms with van der Waals surface area (Å²) in [5, 5.41) is 4.89. The molecule has 1 aliphatic rings. The molecule has 3 nitrogen and oxygen atoms in total. The molecule has 0 spiro atoms. The van der Waals surface area contributed by atoms with E-state index in [1.807, 2.05) is 24.3 Å². The largest absolute Gasteiger partial charge is 0.497 e. The number of hydrogen-bond donors (Lipinski definition) is 2. The molecule has 0 amide bonds. The molecule has 1 unspecified atom stereocenters. The molecule has 0 saturated heterocycles. The van der Waals surface area contributed by atoms with E-state index in [4.69, 9.17) is 33.7 Å². The molecule has 1 atom stereocenters. The molecular weight excluding hydrogens is 355 g/mol. The summed E-state index contributed by atoms with van der Waals surface area (Å²) in [5.41, 5.74) is 10.8. The van der Waals surface area contributed by atoms with Crippen molar-refractivity contribution in [2.75, 3.05) is 20.2 Å². The van der Waals surface area contributed by atoms with Gasteiger partial charge < -0.3 is 15.8 Å². The first-order chi connectivity index (χ1) is 12.1. The van der Waals surface area contributed by atoms with Crippen LogP contribution in [0.2, 0.25) is 10.0 Å². The number of nitrogens with two attached hydrogens (primary N) is 1. The quantitative estimate of drug-likeness (QED) is 0.788. The maximum absolute atomic E-state index is 6.38. The Hall–Kier alpha value is -1.52. The molecule has 2 aromatic carbocycles.